The van der Waals surface area contributed by atoms with E-state index in [0.29, 0.717) is 6.42 Å². The highest BCUT2D eigenvalue weighted by Crippen LogP contribution is 2.17. The third-order valence-corrected chi connectivity index (χ3v) is 2.24. The van der Waals surface area contributed by atoms with Crippen molar-refractivity contribution in [1.82, 2.24) is 10.6 Å². The maximum Gasteiger partial charge on any atom is 0.322 e. The van der Waals surface area contributed by atoms with E-state index in [1.807, 2.05) is 6.92 Å². The lowest BCUT2D eigenvalue weighted by atomic mass is 9.94. The molecular formula is C8H14N2O3. The summed E-state index contributed by atoms with van der Waals surface area (Å²) in [4.78, 5) is 22.1. The van der Waals surface area contributed by atoms with Gasteiger partial charge in [0.05, 0.1) is 6.61 Å². The van der Waals surface area contributed by atoms with E-state index in [0.717, 1.165) is 12.8 Å². The molecule has 1 aliphatic heterocycles. The van der Waals surface area contributed by atoms with Gasteiger partial charge in [-0.1, -0.05) is 19.8 Å². The molecule has 1 heterocycles. The van der Waals surface area contributed by atoms with E-state index in [1.165, 1.54) is 0 Å². The molecule has 0 spiro atoms. The molecule has 1 atom stereocenters. The summed E-state index contributed by atoms with van der Waals surface area (Å²) in [6.45, 7) is 1.64. The fraction of sp³-hybridized carbons (Fsp3) is 0.750. The Labute approximate surface area is 76.5 Å². The fourth-order valence-corrected chi connectivity index (χ4v) is 1.37. The molecule has 0 bridgehead atoms. The predicted molar refractivity (Wildman–Crippen MR) is 46.0 cm³/mol. The van der Waals surface area contributed by atoms with Gasteiger partial charge in [-0.2, -0.15) is 0 Å². The Morgan fingerprint density at radius 2 is 2.15 bits per heavy atom. The van der Waals surface area contributed by atoms with Gasteiger partial charge in [-0.05, 0) is 6.42 Å². The van der Waals surface area contributed by atoms with Crippen LogP contribution < -0.4 is 10.6 Å². The Hall–Kier alpha value is -1.10. The molecule has 0 saturated carbocycles. The Bertz CT molecular complexity index is 229. The van der Waals surface area contributed by atoms with E-state index in [4.69, 9.17) is 5.11 Å². The molecule has 0 unspecified atom stereocenters. The van der Waals surface area contributed by atoms with Crippen molar-refractivity contribution in [3.63, 3.8) is 0 Å². The summed E-state index contributed by atoms with van der Waals surface area (Å²) in [5.74, 6) is -0.423. The first kappa shape index (κ1) is 9.98. The standard InChI is InChI=1S/C8H14N2O3/c1-2-3-4-8(5-11)6(12)9-7(13)10-8/h11H,2-5H2,1H3,(H2,9,10,12,13)/t8-/m0/s1. The van der Waals surface area contributed by atoms with Crippen LogP contribution in [0.4, 0.5) is 4.79 Å². The van der Waals surface area contributed by atoms with Crippen LogP contribution in [-0.2, 0) is 4.79 Å². The number of hydrogen-bond donors (Lipinski definition) is 3. The largest absolute Gasteiger partial charge is 0.393 e. The highest BCUT2D eigenvalue weighted by Gasteiger charge is 2.44. The minimum Gasteiger partial charge on any atom is -0.393 e. The van der Waals surface area contributed by atoms with Gasteiger partial charge < -0.3 is 10.4 Å². The van der Waals surface area contributed by atoms with Crippen molar-refractivity contribution in [3.8, 4) is 0 Å². The quantitative estimate of drug-likeness (QED) is 0.529. The average molecular weight is 186 g/mol. The molecule has 1 aliphatic rings. The van der Waals surface area contributed by atoms with Crippen molar-refractivity contribution in [2.24, 2.45) is 0 Å². The van der Waals surface area contributed by atoms with Crippen molar-refractivity contribution in [1.29, 1.82) is 0 Å². The van der Waals surface area contributed by atoms with Crippen LogP contribution in [0.3, 0.4) is 0 Å². The van der Waals surface area contributed by atoms with E-state index < -0.39 is 17.5 Å². The average Bonchev–Trinajstić information content (AvgIpc) is 2.38. The number of urea groups is 1. The molecule has 5 nitrogen and oxygen atoms in total. The lowest BCUT2D eigenvalue weighted by Crippen LogP contribution is -2.50. The van der Waals surface area contributed by atoms with Crippen molar-refractivity contribution < 1.29 is 14.7 Å². The van der Waals surface area contributed by atoms with Crippen molar-refractivity contribution in [2.75, 3.05) is 6.61 Å². The van der Waals surface area contributed by atoms with Gasteiger partial charge >= 0.3 is 6.03 Å². The van der Waals surface area contributed by atoms with Crippen molar-refractivity contribution >= 4 is 11.9 Å². The van der Waals surface area contributed by atoms with E-state index in [1.54, 1.807) is 0 Å². The second kappa shape index (κ2) is 3.74. The normalized spacial score (nSPS) is 27.2. The maximum absolute atomic E-state index is 11.3. The molecule has 13 heavy (non-hydrogen) atoms. The van der Waals surface area contributed by atoms with E-state index >= 15 is 0 Å². The number of imide groups is 1. The molecule has 1 rings (SSSR count). The molecule has 5 heteroatoms. The minimum atomic E-state index is -1.08. The number of amides is 3. The predicted octanol–water partition coefficient (Wildman–Crippen LogP) is -0.253. The number of unbranched alkanes of at least 4 members (excludes halogenated alkanes) is 1. The Morgan fingerprint density at radius 3 is 2.54 bits per heavy atom. The molecule has 0 aliphatic carbocycles. The molecule has 3 N–H and O–H groups in total. The van der Waals surface area contributed by atoms with Crippen LogP contribution in [0.15, 0.2) is 0 Å². The van der Waals surface area contributed by atoms with Crippen LogP contribution in [0.5, 0.6) is 0 Å². The maximum atomic E-state index is 11.3. The first-order valence-corrected chi connectivity index (χ1v) is 4.39. The number of hydrogen-bond acceptors (Lipinski definition) is 3. The SMILES string of the molecule is CCCC[C@@]1(CO)NC(=O)NC1=O. The first-order chi connectivity index (χ1) is 6.14. The molecule has 0 radical (unpaired) electrons. The van der Waals surface area contributed by atoms with Gasteiger partial charge in [0.2, 0.25) is 0 Å². The lowest BCUT2D eigenvalue weighted by Gasteiger charge is -2.22. The molecule has 1 saturated heterocycles. The number of carbonyl (C=O) groups excluding carboxylic acids is 2. The highest BCUT2D eigenvalue weighted by molar-refractivity contribution is 6.07. The zero-order valence-electron chi connectivity index (χ0n) is 7.59. The number of rotatable bonds is 4. The summed E-state index contributed by atoms with van der Waals surface area (Å²) >= 11 is 0. The van der Waals surface area contributed by atoms with E-state index in [9.17, 15) is 9.59 Å². The van der Waals surface area contributed by atoms with E-state index in [-0.39, 0.29) is 6.61 Å². The lowest BCUT2D eigenvalue weighted by molar-refractivity contribution is -0.125. The van der Waals surface area contributed by atoms with Gasteiger partial charge in [-0.15, -0.1) is 0 Å². The summed E-state index contributed by atoms with van der Waals surface area (Å²) in [6, 6.07) is -0.518. The third kappa shape index (κ3) is 1.80. The Balaban J connectivity index is 2.68. The summed E-state index contributed by atoms with van der Waals surface area (Å²) in [6.07, 6.45) is 2.21. The Kier molecular flexibility index (Phi) is 2.87. The zero-order chi connectivity index (χ0) is 9.90. The van der Waals surface area contributed by atoms with Gasteiger partial charge in [-0.25, -0.2) is 4.79 Å². The number of aliphatic hydroxyl groups is 1. The fourth-order valence-electron chi connectivity index (χ4n) is 1.37. The molecule has 3 amide bonds. The number of carbonyl (C=O) groups is 2. The van der Waals surface area contributed by atoms with Crippen LogP contribution in [-0.4, -0.2) is 29.2 Å². The van der Waals surface area contributed by atoms with Gasteiger partial charge in [0.1, 0.15) is 5.54 Å². The Morgan fingerprint density at radius 1 is 1.46 bits per heavy atom. The molecule has 1 fully saturated rings. The summed E-state index contributed by atoms with van der Waals surface area (Å²) in [5, 5.41) is 13.6. The number of aliphatic hydroxyl groups excluding tert-OH is 1. The second-order valence-electron chi connectivity index (χ2n) is 3.25. The highest BCUT2D eigenvalue weighted by atomic mass is 16.3. The third-order valence-electron chi connectivity index (χ3n) is 2.24. The smallest absolute Gasteiger partial charge is 0.322 e. The molecule has 0 aromatic rings. The number of nitrogens with one attached hydrogen (secondary N) is 2. The van der Waals surface area contributed by atoms with Crippen LogP contribution >= 0.6 is 0 Å². The van der Waals surface area contributed by atoms with Crippen LogP contribution in [0.2, 0.25) is 0 Å². The summed E-state index contributed by atoms with van der Waals surface area (Å²) < 4.78 is 0. The molecule has 74 valence electrons. The van der Waals surface area contributed by atoms with Crippen molar-refractivity contribution in [2.45, 2.75) is 31.7 Å². The topological polar surface area (TPSA) is 78.4 Å². The zero-order valence-corrected chi connectivity index (χ0v) is 7.59. The summed E-state index contributed by atoms with van der Waals surface area (Å²) in [7, 11) is 0. The van der Waals surface area contributed by atoms with Crippen LogP contribution in [0.25, 0.3) is 0 Å². The van der Waals surface area contributed by atoms with Crippen LogP contribution in [0.1, 0.15) is 26.2 Å². The van der Waals surface area contributed by atoms with Crippen molar-refractivity contribution in [3.05, 3.63) is 0 Å². The molecule has 0 aromatic carbocycles. The monoisotopic (exact) mass is 186 g/mol. The van der Waals surface area contributed by atoms with Gasteiger partial charge in [0.15, 0.2) is 0 Å². The minimum absolute atomic E-state index is 0.343. The van der Waals surface area contributed by atoms with Gasteiger partial charge in [0, 0.05) is 0 Å². The molecule has 0 aromatic heterocycles. The van der Waals surface area contributed by atoms with E-state index in [2.05, 4.69) is 10.6 Å². The second-order valence-corrected chi connectivity index (χ2v) is 3.25. The van der Waals surface area contributed by atoms with Crippen LogP contribution in [0, 0.1) is 0 Å². The molecular weight excluding hydrogens is 172 g/mol. The first-order valence-electron chi connectivity index (χ1n) is 4.39. The van der Waals surface area contributed by atoms with Gasteiger partial charge in [-0.3, -0.25) is 10.1 Å². The van der Waals surface area contributed by atoms with Gasteiger partial charge in [0.25, 0.3) is 5.91 Å². The summed E-state index contributed by atoms with van der Waals surface area (Å²) in [5.41, 5.74) is -1.08.